The third kappa shape index (κ3) is 2.55. The number of fused-ring (bicyclic) bond motifs is 1. The monoisotopic (exact) mass is 301 g/mol. The number of aromatic nitrogens is 2. The van der Waals surface area contributed by atoms with Crippen LogP contribution >= 0.6 is 11.6 Å². The Bertz CT molecular complexity index is 842. The molecule has 0 spiro atoms. The molecule has 0 aliphatic carbocycles. The Labute approximate surface area is 125 Å². The first kappa shape index (κ1) is 13.5. The number of aromatic carboxylic acids is 1. The SMILES string of the molecule is Cc1c(Cl)cccc1Nc1nc2ccc(C(=O)O)cc2[nH]1. The topological polar surface area (TPSA) is 78.0 Å². The van der Waals surface area contributed by atoms with Crippen molar-refractivity contribution in [2.75, 3.05) is 5.32 Å². The minimum absolute atomic E-state index is 0.219. The van der Waals surface area contributed by atoms with Crippen LogP contribution in [0.1, 0.15) is 15.9 Å². The maximum absolute atomic E-state index is 11.0. The van der Waals surface area contributed by atoms with Gasteiger partial charge in [-0.15, -0.1) is 0 Å². The third-order valence-corrected chi connectivity index (χ3v) is 3.66. The van der Waals surface area contributed by atoms with Crippen LogP contribution in [-0.2, 0) is 0 Å². The zero-order chi connectivity index (χ0) is 15.0. The summed E-state index contributed by atoms with van der Waals surface area (Å²) in [4.78, 5) is 18.4. The van der Waals surface area contributed by atoms with Crippen molar-refractivity contribution in [1.82, 2.24) is 9.97 Å². The molecule has 2 aromatic carbocycles. The van der Waals surface area contributed by atoms with Gasteiger partial charge in [0.05, 0.1) is 16.6 Å². The summed E-state index contributed by atoms with van der Waals surface area (Å²) < 4.78 is 0. The van der Waals surface area contributed by atoms with Gasteiger partial charge in [-0.1, -0.05) is 17.7 Å². The molecule has 1 heterocycles. The lowest BCUT2D eigenvalue weighted by atomic mass is 10.2. The number of H-pyrrole nitrogens is 1. The van der Waals surface area contributed by atoms with Crippen LogP contribution < -0.4 is 5.32 Å². The number of aromatic amines is 1. The average molecular weight is 302 g/mol. The molecular weight excluding hydrogens is 290 g/mol. The van der Waals surface area contributed by atoms with Gasteiger partial charge in [0.2, 0.25) is 5.95 Å². The molecule has 5 nitrogen and oxygen atoms in total. The van der Waals surface area contributed by atoms with Crippen molar-refractivity contribution in [3.05, 3.63) is 52.5 Å². The quantitative estimate of drug-likeness (QED) is 0.684. The molecule has 21 heavy (non-hydrogen) atoms. The van der Waals surface area contributed by atoms with Gasteiger partial charge in [0.25, 0.3) is 0 Å². The number of hydrogen-bond donors (Lipinski definition) is 3. The van der Waals surface area contributed by atoms with E-state index in [0.717, 1.165) is 11.3 Å². The number of imidazole rings is 1. The third-order valence-electron chi connectivity index (χ3n) is 3.25. The Morgan fingerprint density at radius 3 is 2.90 bits per heavy atom. The van der Waals surface area contributed by atoms with E-state index in [1.165, 1.54) is 6.07 Å². The number of anilines is 2. The summed E-state index contributed by atoms with van der Waals surface area (Å²) in [6, 6.07) is 10.3. The Morgan fingerprint density at radius 1 is 1.33 bits per heavy atom. The van der Waals surface area contributed by atoms with Gasteiger partial charge in [0, 0.05) is 10.7 Å². The number of nitrogens with zero attached hydrogens (tertiary/aromatic N) is 1. The number of carboxylic acid groups (broad SMARTS) is 1. The molecule has 106 valence electrons. The zero-order valence-electron chi connectivity index (χ0n) is 11.1. The second-order valence-corrected chi connectivity index (χ2v) is 5.07. The Kier molecular flexibility index (Phi) is 3.27. The molecule has 0 unspecified atom stereocenters. The second-order valence-electron chi connectivity index (χ2n) is 4.66. The van der Waals surface area contributed by atoms with E-state index < -0.39 is 5.97 Å². The molecule has 0 atom stereocenters. The van der Waals surface area contributed by atoms with Crippen LogP contribution in [0.15, 0.2) is 36.4 Å². The van der Waals surface area contributed by atoms with Crippen molar-refractivity contribution < 1.29 is 9.90 Å². The summed E-state index contributed by atoms with van der Waals surface area (Å²) in [7, 11) is 0. The molecule has 3 N–H and O–H groups in total. The van der Waals surface area contributed by atoms with Gasteiger partial charge >= 0.3 is 5.97 Å². The highest BCUT2D eigenvalue weighted by atomic mass is 35.5. The summed E-state index contributed by atoms with van der Waals surface area (Å²) in [6.45, 7) is 1.91. The molecule has 0 fully saturated rings. The van der Waals surface area contributed by atoms with E-state index in [1.807, 2.05) is 25.1 Å². The van der Waals surface area contributed by atoms with E-state index in [1.54, 1.807) is 12.1 Å². The van der Waals surface area contributed by atoms with Crippen LogP contribution in [0.5, 0.6) is 0 Å². The predicted octanol–water partition coefficient (Wildman–Crippen LogP) is 3.97. The molecule has 3 rings (SSSR count). The van der Waals surface area contributed by atoms with E-state index in [4.69, 9.17) is 16.7 Å². The largest absolute Gasteiger partial charge is 0.478 e. The lowest BCUT2D eigenvalue weighted by molar-refractivity contribution is 0.0697. The van der Waals surface area contributed by atoms with Crippen molar-refractivity contribution in [2.45, 2.75) is 6.92 Å². The maximum atomic E-state index is 11.0. The molecule has 0 aliphatic rings. The fourth-order valence-corrected chi connectivity index (χ4v) is 2.25. The molecule has 3 aromatic rings. The van der Waals surface area contributed by atoms with Gasteiger partial charge in [-0.2, -0.15) is 0 Å². The van der Waals surface area contributed by atoms with E-state index in [-0.39, 0.29) is 5.56 Å². The van der Waals surface area contributed by atoms with Crippen LogP contribution in [-0.4, -0.2) is 21.0 Å². The molecule has 0 amide bonds. The first-order chi connectivity index (χ1) is 10.0. The highest BCUT2D eigenvalue weighted by Crippen LogP contribution is 2.26. The summed E-state index contributed by atoms with van der Waals surface area (Å²) in [5, 5.41) is 12.8. The molecular formula is C15H12ClN3O2. The number of carbonyl (C=O) groups is 1. The Morgan fingerprint density at radius 2 is 2.14 bits per heavy atom. The molecule has 0 saturated carbocycles. The Balaban J connectivity index is 1.98. The van der Waals surface area contributed by atoms with E-state index in [2.05, 4.69) is 15.3 Å². The molecule has 6 heteroatoms. The highest BCUT2D eigenvalue weighted by molar-refractivity contribution is 6.31. The van der Waals surface area contributed by atoms with Gasteiger partial charge in [0.1, 0.15) is 0 Å². The lowest BCUT2D eigenvalue weighted by Crippen LogP contribution is -1.95. The van der Waals surface area contributed by atoms with Gasteiger partial charge in [-0.25, -0.2) is 9.78 Å². The maximum Gasteiger partial charge on any atom is 0.335 e. The average Bonchev–Trinajstić information content (AvgIpc) is 2.85. The first-order valence-corrected chi connectivity index (χ1v) is 6.67. The molecule has 0 saturated heterocycles. The normalized spacial score (nSPS) is 10.8. The van der Waals surface area contributed by atoms with E-state index in [0.29, 0.717) is 22.0 Å². The summed E-state index contributed by atoms with van der Waals surface area (Å²) in [5.74, 6) is -0.426. The van der Waals surface area contributed by atoms with Gasteiger partial charge < -0.3 is 15.4 Å². The van der Waals surface area contributed by atoms with Crippen molar-refractivity contribution in [2.24, 2.45) is 0 Å². The van der Waals surface area contributed by atoms with Crippen LogP contribution in [0.3, 0.4) is 0 Å². The van der Waals surface area contributed by atoms with Gasteiger partial charge in [0.15, 0.2) is 0 Å². The van der Waals surface area contributed by atoms with Crippen molar-refractivity contribution >= 4 is 40.2 Å². The smallest absolute Gasteiger partial charge is 0.335 e. The van der Waals surface area contributed by atoms with E-state index >= 15 is 0 Å². The van der Waals surface area contributed by atoms with Crippen molar-refractivity contribution in [1.29, 1.82) is 0 Å². The second kappa shape index (κ2) is 5.10. The number of rotatable bonds is 3. The molecule has 0 aliphatic heterocycles. The van der Waals surface area contributed by atoms with Crippen LogP contribution in [0.25, 0.3) is 11.0 Å². The number of halogens is 1. The van der Waals surface area contributed by atoms with E-state index in [9.17, 15) is 4.79 Å². The first-order valence-electron chi connectivity index (χ1n) is 6.30. The van der Waals surface area contributed by atoms with Gasteiger partial charge in [-0.3, -0.25) is 0 Å². The van der Waals surface area contributed by atoms with Crippen LogP contribution in [0.2, 0.25) is 5.02 Å². The summed E-state index contributed by atoms with van der Waals surface area (Å²) in [5.41, 5.74) is 3.35. The zero-order valence-corrected chi connectivity index (χ0v) is 11.9. The minimum Gasteiger partial charge on any atom is -0.478 e. The summed E-state index contributed by atoms with van der Waals surface area (Å²) in [6.07, 6.45) is 0. The number of nitrogens with one attached hydrogen (secondary N) is 2. The molecule has 0 bridgehead atoms. The minimum atomic E-state index is -0.966. The van der Waals surface area contributed by atoms with Crippen molar-refractivity contribution in [3.63, 3.8) is 0 Å². The molecule has 1 aromatic heterocycles. The van der Waals surface area contributed by atoms with Gasteiger partial charge in [-0.05, 0) is 42.8 Å². The highest BCUT2D eigenvalue weighted by Gasteiger charge is 2.09. The van der Waals surface area contributed by atoms with Crippen molar-refractivity contribution in [3.8, 4) is 0 Å². The fourth-order valence-electron chi connectivity index (χ4n) is 2.07. The fraction of sp³-hybridized carbons (Fsp3) is 0.0667. The number of hydrogen-bond acceptors (Lipinski definition) is 3. The van der Waals surface area contributed by atoms with Crippen LogP contribution in [0.4, 0.5) is 11.6 Å². The molecule has 0 radical (unpaired) electrons. The predicted molar refractivity (Wildman–Crippen MR) is 82.5 cm³/mol. The number of benzene rings is 2. The van der Waals surface area contributed by atoms with Crippen LogP contribution in [0, 0.1) is 6.92 Å². The lowest BCUT2D eigenvalue weighted by Gasteiger charge is -2.07. The number of carboxylic acids is 1. The summed E-state index contributed by atoms with van der Waals surface area (Å²) >= 11 is 6.08. The Hall–Kier alpha value is -2.53. The standard InChI is InChI=1S/C15H12ClN3O2/c1-8-10(16)3-2-4-11(8)17-15-18-12-6-5-9(14(20)21)7-13(12)19-15/h2-7H,1H3,(H,20,21)(H2,17,18,19).